The molecular weight excluding hydrogens is 999 g/mol. The number of nitrogens with one attached hydrogen (secondary N) is 1. The summed E-state index contributed by atoms with van der Waals surface area (Å²) in [5, 5.41) is 119. The Morgan fingerprint density at radius 1 is 0.468 bits per heavy atom. The summed E-state index contributed by atoms with van der Waals surface area (Å²) in [6.07, 6.45) is 18.1. The van der Waals surface area contributed by atoms with Gasteiger partial charge in [-0.3, -0.25) is 4.79 Å². The lowest BCUT2D eigenvalue weighted by Gasteiger charge is -2.48. The molecule has 450 valence electrons. The van der Waals surface area contributed by atoms with E-state index >= 15 is 0 Å². The number of rotatable bonds is 43. The second-order valence-electron chi connectivity index (χ2n) is 21.5. The Kier molecular flexibility index (Phi) is 37.7. The summed E-state index contributed by atoms with van der Waals surface area (Å²) in [6, 6.07) is -0.882. The third kappa shape index (κ3) is 26.2. The van der Waals surface area contributed by atoms with Crippen molar-refractivity contribution < 1.29 is 89.4 Å². The van der Waals surface area contributed by atoms with Gasteiger partial charge in [-0.15, -0.1) is 0 Å². The van der Waals surface area contributed by atoms with Gasteiger partial charge in [-0.2, -0.15) is 0 Å². The van der Waals surface area contributed by atoms with Crippen LogP contribution in [0.5, 0.6) is 0 Å². The number of hydrogen-bond donors (Lipinski definition) is 12. The zero-order valence-electron chi connectivity index (χ0n) is 46.7. The molecule has 0 aliphatic carbocycles. The molecule has 0 aromatic carbocycles. The molecule has 3 heterocycles. The number of carbonyl (C=O) groups is 1. The molecule has 19 heteroatoms. The lowest BCUT2D eigenvalue weighted by atomic mass is 9.96. The first-order chi connectivity index (χ1) is 37.3. The molecule has 3 saturated heterocycles. The molecule has 3 aliphatic rings. The van der Waals surface area contributed by atoms with Gasteiger partial charge in [0.1, 0.15) is 73.2 Å². The van der Waals surface area contributed by atoms with Crippen LogP contribution in [-0.4, -0.2) is 193 Å². The number of allylic oxidation sites excluding steroid dienone is 6. The van der Waals surface area contributed by atoms with E-state index in [1.165, 1.54) is 109 Å². The number of hydrogen-bond acceptors (Lipinski definition) is 18. The quantitative estimate of drug-likeness (QED) is 0.0285. The molecule has 0 aromatic rings. The molecule has 3 aliphatic heterocycles. The van der Waals surface area contributed by atoms with E-state index < -0.39 is 124 Å². The van der Waals surface area contributed by atoms with Crippen LogP contribution in [0.3, 0.4) is 0 Å². The van der Waals surface area contributed by atoms with Gasteiger partial charge < -0.3 is 89.9 Å². The fourth-order valence-electron chi connectivity index (χ4n) is 10.0. The van der Waals surface area contributed by atoms with Crippen molar-refractivity contribution in [2.24, 2.45) is 0 Å². The van der Waals surface area contributed by atoms with Crippen molar-refractivity contribution in [1.29, 1.82) is 0 Å². The Morgan fingerprint density at radius 2 is 0.857 bits per heavy atom. The van der Waals surface area contributed by atoms with E-state index in [4.69, 9.17) is 28.4 Å². The Hall–Kier alpha value is -1.99. The van der Waals surface area contributed by atoms with Gasteiger partial charge in [-0.25, -0.2) is 0 Å². The molecule has 3 rings (SSSR count). The van der Waals surface area contributed by atoms with Crippen molar-refractivity contribution in [3.8, 4) is 0 Å². The van der Waals surface area contributed by atoms with Gasteiger partial charge >= 0.3 is 0 Å². The molecule has 77 heavy (non-hydrogen) atoms. The van der Waals surface area contributed by atoms with Crippen molar-refractivity contribution in [3.05, 3.63) is 36.5 Å². The van der Waals surface area contributed by atoms with E-state index in [-0.39, 0.29) is 18.9 Å². The van der Waals surface area contributed by atoms with Gasteiger partial charge in [0.25, 0.3) is 0 Å². The summed E-state index contributed by atoms with van der Waals surface area (Å²) in [7, 11) is 0. The van der Waals surface area contributed by atoms with E-state index in [9.17, 15) is 61.0 Å². The largest absolute Gasteiger partial charge is 0.394 e. The summed E-state index contributed by atoms with van der Waals surface area (Å²) in [5.41, 5.74) is 0. The van der Waals surface area contributed by atoms with Gasteiger partial charge in [0, 0.05) is 6.42 Å². The number of ether oxygens (including phenoxy) is 6. The smallest absolute Gasteiger partial charge is 0.220 e. The van der Waals surface area contributed by atoms with Crippen LogP contribution in [0.2, 0.25) is 0 Å². The van der Waals surface area contributed by atoms with Crippen LogP contribution in [0.25, 0.3) is 0 Å². The van der Waals surface area contributed by atoms with Gasteiger partial charge in [-0.1, -0.05) is 172 Å². The van der Waals surface area contributed by atoms with Gasteiger partial charge in [-0.05, 0) is 51.4 Å². The maximum absolute atomic E-state index is 13.1. The SMILES string of the molecule is CCCCCCC/C=C\C/C=C\C/C=C\CCCCCCCCCCCCCCCCC(=O)NC(COC1OC(CO)C(OC2OC(CO)C(OC3OC(CO)C(O)C(O)C3O)C(O)C2O)C(O)C1O)C(O)CCCCC. The van der Waals surface area contributed by atoms with Crippen molar-refractivity contribution in [1.82, 2.24) is 5.32 Å². The Labute approximate surface area is 460 Å². The molecule has 19 nitrogen and oxygen atoms in total. The zero-order valence-corrected chi connectivity index (χ0v) is 46.7. The minimum absolute atomic E-state index is 0.257. The predicted molar refractivity (Wildman–Crippen MR) is 291 cm³/mol. The number of carbonyl (C=O) groups excluding carboxylic acids is 1. The fraction of sp³-hybridized carbons (Fsp3) is 0.879. The van der Waals surface area contributed by atoms with Crippen molar-refractivity contribution in [3.63, 3.8) is 0 Å². The minimum atomic E-state index is -1.97. The van der Waals surface area contributed by atoms with E-state index in [1.807, 2.05) is 6.92 Å². The van der Waals surface area contributed by atoms with Gasteiger partial charge in [0.05, 0.1) is 38.6 Å². The lowest BCUT2D eigenvalue weighted by molar-refractivity contribution is -0.379. The number of aliphatic hydroxyl groups is 11. The highest BCUT2D eigenvalue weighted by molar-refractivity contribution is 5.76. The van der Waals surface area contributed by atoms with E-state index in [2.05, 4.69) is 48.7 Å². The Bertz CT molecular complexity index is 1550. The third-order valence-electron chi connectivity index (χ3n) is 15.0. The number of aliphatic hydroxyl groups excluding tert-OH is 11. The van der Waals surface area contributed by atoms with Crippen molar-refractivity contribution >= 4 is 5.91 Å². The topological polar surface area (TPSA) is 307 Å². The van der Waals surface area contributed by atoms with E-state index in [1.54, 1.807) is 0 Å². The molecule has 17 atom stereocenters. The zero-order chi connectivity index (χ0) is 56.2. The summed E-state index contributed by atoms with van der Waals surface area (Å²) in [6.45, 7) is 1.58. The molecule has 0 spiro atoms. The normalized spacial score (nSPS) is 30.9. The number of unbranched alkanes of at least 4 members (excludes halogenated alkanes) is 21. The maximum Gasteiger partial charge on any atom is 0.220 e. The molecule has 12 N–H and O–H groups in total. The molecule has 0 bridgehead atoms. The molecule has 0 saturated carbocycles. The standard InChI is InChI=1S/C58H105NO18/c1-3-5-7-8-9-10-11-12-13-14-15-16-17-18-19-20-21-22-23-24-25-26-27-28-29-30-31-32-34-36-46(64)59-41(42(63)35-33-6-4-2)40-72-56-52(70)49(67)54(44(38-61)74-56)77-58-53(71)50(68)55(45(39-62)75-58)76-57-51(69)48(66)47(65)43(37-60)73-57/h11-12,14-15,17-18,41-45,47-58,60-63,65-71H,3-10,13,16,19-40H2,1-2H3,(H,59,64)/b12-11-,15-14-,18-17-. The Morgan fingerprint density at radius 3 is 1.34 bits per heavy atom. The Balaban J connectivity index is 1.30. The molecule has 0 aromatic heterocycles. The monoisotopic (exact) mass is 1100 g/mol. The number of amides is 1. The molecule has 17 unspecified atom stereocenters. The predicted octanol–water partition coefficient (Wildman–Crippen LogP) is 4.93. The van der Waals surface area contributed by atoms with Crippen LogP contribution in [0, 0.1) is 0 Å². The van der Waals surface area contributed by atoms with E-state index in [0.29, 0.717) is 19.3 Å². The highest BCUT2D eigenvalue weighted by Gasteiger charge is 2.53. The molecule has 1 amide bonds. The third-order valence-corrected chi connectivity index (χ3v) is 15.0. The summed E-state index contributed by atoms with van der Waals surface area (Å²) in [4.78, 5) is 13.1. The summed E-state index contributed by atoms with van der Waals surface area (Å²) in [5.74, 6) is -0.257. The second-order valence-corrected chi connectivity index (χ2v) is 21.5. The fourth-order valence-corrected chi connectivity index (χ4v) is 10.0. The van der Waals surface area contributed by atoms with Crippen LogP contribution in [-0.2, 0) is 33.2 Å². The molecule has 0 radical (unpaired) electrons. The van der Waals surface area contributed by atoms with E-state index in [0.717, 1.165) is 44.9 Å². The second kappa shape index (κ2) is 41.9. The summed E-state index contributed by atoms with van der Waals surface area (Å²) >= 11 is 0. The minimum Gasteiger partial charge on any atom is -0.394 e. The highest BCUT2D eigenvalue weighted by atomic mass is 16.8. The van der Waals surface area contributed by atoms with Crippen molar-refractivity contribution in [2.45, 2.75) is 298 Å². The average molecular weight is 1100 g/mol. The van der Waals surface area contributed by atoms with Crippen LogP contribution >= 0.6 is 0 Å². The van der Waals surface area contributed by atoms with Crippen LogP contribution in [0.4, 0.5) is 0 Å². The van der Waals surface area contributed by atoms with Gasteiger partial charge in [0.2, 0.25) is 5.91 Å². The molecule has 3 fully saturated rings. The van der Waals surface area contributed by atoms with Crippen molar-refractivity contribution in [2.75, 3.05) is 26.4 Å². The highest BCUT2D eigenvalue weighted by Crippen LogP contribution is 2.33. The first-order valence-electron chi connectivity index (χ1n) is 29.7. The van der Waals surface area contributed by atoms with Crippen LogP contribution in [0.15, 0.2) is 36.5 Å². The molecular formula is C58H105NO18. The lowest BCUT2D eigenvalue weighted by Crippen LogP contribution is -2.66. The summed E-state index contributed by atoms with van der Waals surface area (Å²) < 4.78 is 34.0. The maximum atomic E-state index is 13.1. The first kappa shape index (κ1) is 69.3. The van der Waals surface area contributed by atoms with Crippen LogP contribution < -0.4 is 5.32 Å². The van der Waals surface area contributed by atoms with Gasteiger partial charge in [0.15, 0.2) is 18.9 Å². The first-order valence-corrected chi connectivity index (χ1v) is 29.7. The average Bonchev–Trinajstić information content (AvgIpc) is 3.43. The van der Waals surface area contributed by atoms with Crippen LogP contribution in [0.1, 0.15) is 194 Å².